The van der Waals surface area contributed by atoms with E-state index in [0.29, 0.717) is 17.0 Å². The summed E-state index contributed by atoms with van der Waals surface area (Å²) >= 11 is 0. The van der Waals surface area contributed by atoms with Gasteiger partial charge in [-0.05, 0) is 36.8 Å². The molecular weight excluding hydrogens is 477 g/mol. The van der Waals surface area contributed by atoms with Gasteiger partial charge in [0.25, 0.3) is 10.0 Å². The molecule has 0 spiro atoms. The first-order chi connectivity index (χ1) is 16.1. The predicted molar refractivity (Wildman–Crippen MR) is 115 cm³/mol. The molecule has 1 amide bonds. The number of aliphatic hydroxyl groups excluding tert-OH is 1. The number of hydrogen-bond donors (Lipinski definition) is 3. The summed E-state index contributed by atoms with van der Waals surface area (Å²) in [5.41, 5.74) is 0.971. The Hall–Kier alpha value is -2.83. The van der Waals surface area contributed by atoms with Crippen molar-refractivity contribution in [2.75, 3.05) is 17.9 Å². The largest absolute Gasteiger partial charge is 0.487 e. The molecule has 0 aromatic heterocycles. The van der Waals surface area contributed by atoms with Gasteiger partial charge < -0.3 is 19.9 Å². The third kappa shape index (κ3) is 5.45. The molecule has 2 aromatic rings. The van der Waals surface area contributed by atoms with Crippen molar-refractivity contribution in [2.24, 2.45) is 0 Å². The number of alkyl halides is 3. The summed E-state index contributed by atoms with van der Waals surface area (Å²) in [5, 5.41) is 11.6. The van der Waals surface area contributed by atoms with E-state index in [9.17, 15) is 31.5 Å². The quantitative estimate of drug-likeness (QED) is 0.539. The van der Waals surface area contributed by atoms with Gasteiger partial charge >= 0.3 is 6.18 Å². The number of carbonyl (C=O) groups excluding carboxylic acids is 1. The van der Waals surface area contributed by atoms with Gasteiger partial charge in [0.05, 0.1) is 24.0 Å². The number of amides is 1. The molecule has 1 saturated heterocycles. The zero-order chi connectivity index (χ0) is 24.5. The average Bonchev–Trinajstić information content (AvgIpc) is 3.15. The van der Waals surface area contributed by atoms with E-state index in [1.54, 1.807) is 36.4 Å². The summed E-state index contributed by atoms with van der Waals surface area (Å²) in [6.45, 7) is -1.85. The molecule has 0 bridgehead atoms. The molecule has 2 aliphatic heterocycles. The highest BCUT2D eigenvalue weighted by Crippen LogP contribution is 2.47. The minimum Gasteiger partial charge on any atom is -0.487 e. The monoisotopic (exact) mass is 500 g/mol. The van der Waals surface area contributed by atoms with Crippen LogP contribution in [0.4, 0.5) is 18.9 Å². The third-order valence-electron chi connectivity index (χ3n) is 5.70. The van der Waals surface area contributed by atoms with Gasteiger partial charge in [-0.1, -0.05) is 18.2 Å². The SMILES string of the molecule is O=C(C[C@H]1C[C@H]2c3cc(NS(=O)(=O)c4ccccc4)ccc3O[C@H]2[C@@H](CO)O1)NCC(F)(F)F. The second kappa shape index (κ2) is 9.43. The Morgan fingerprint density at radius 1 is 1.15 bits per heavy atom. The zero-order valence-electron chi connectivity index (χ0n) is 17.8. The van der Waals surface area contributed by atoms with E-state index in [1.807, 2.05) is 5.32 Å². The fourth-order valence-electron chi connectivity index (χ4n) is 4.24. The van der Waals surface area contributed by atoms with E-state index in [4.69, 9.17) is 9.47 Å². The first kappa shape index (κ1) is 24.3. The summed E-state index contributed by atoms with van der Waals surface area (Å²) in [6.07, 6.45) is -6.70. The number of halogens is 3. The Morgan fingerprint density at radius 2 is 1.88 bits per heavy atom. The molecule has 0 aliphatic carbocycles. The van der Waals surface area contributed by atoms with Crippen molar-refractivity contribution in [3.8, 4) is 5.75 Å². The molecule has 2 aliphatic rings. The van der Waals surface area contributed by atoms with E-state index in [2.05, 4.69) is 4.72 Å². The lowest BCUT2D eigenvalue weighted by atomic mass is 9.84. The van der Waals surface area contributed by atoms with Crippen molar-refractivity contribution in [2.45, 2.75) is 48.1 Å². The molecule has 0 unspecified atom stereocenters. The molecule has 4 rings (SSSR count). The van der Waals surface area contributed by atoms with Crippen LogP contribution in [0.3, 0.4) is 0 Å². The number of rotatable bonds is 7. The Labute approximate surface area is 194 Å². The van der Waals surface area contributed by atoms with Gasteiger partial charge in [-0.25, -0.2) is 8.42 Å². The van der Waals surface area contributed by atoms with Crippen molar-refractivity contribution in [3.05, 3.63) is 54.1 Å². The van der Waals surface area contributed by atoms with E-state index in [0.717, 1.165) is 0 Å². The molecule has 3 N–H and O–H groups in total. The molecule has 1 fully saturated rings. The van der Waals surface area contributed by atoms with Crippen LogP contribution >= 0.6 is 0 Å². The summed E-state index contributed by atoms with van der Waals surface area (Å²) in [7, 11) is -3.82. The topological polar surface area (TPSA) is 114 Å². The molecule has 4 atom stereocenters. The van der Waals surface area contributed by atoms with Gasteiger partial charge in [-0.3, -0.25) is 9.52 Å². The maximum Gasteiger partial charge on any atom is 0.405 e. The van der Waals surface area contributed by atoms with Crippen molar-refractivity contribution >= 4 is 21.6 Å². The van der Waals surface area contributed by atoms with Crippen LogP contribution in [0.25, 0.3) is 0 Å². The minimum absolute atomic E-state index is 0.0981. The van der Waals surface area contributed by atoms with E-state index >= 15 is 0 Å². The fraction of sp³-hybridized carbons (Fsp3) is 0.409. The molecule has 12 heteroatoms. The minimum atomic E-state index is -4.52. The average molecular weight is 500 g/mol. The van der Waals surface area contributed by atoms with Crippen LogP contribution in [0.2, 0.25) is 0 Å². The van der Waals surface area contributed by atoms with Crippen LogP contribution in [-0.4, -0.2) is 57.1 Å². The molecule has 2 aromatic carbocycles. The second-order valence-corrected chi connectivity index (χ2v) is 9.85. The van der Waals surface area contributed by atoms with Gasteiger partial charge in [0.2, 0.25) is 5.91 Å². The third-order valence-corrected chi connectivity index (χ3v) is 7.10. The number of nitrogens with one attached hydrogen (secondary N) is 2. The number of benzene rings is 2. The van der Waals surface area contributed by atoms with E-state index in [-0.39, 0.29) is 23.7 Å². The molecule has 184 valence electrons. The number of anilines is 1. The molecule has 0 radical (unpaired) electrons. The van der Waals surface area contributed by atoms with Crippen LogP contribution in [-0.2, 0) is 19.6 Å². The standard InChI is InChI=1S/C22H23F3N2O6S/c23-22(24,25)12-26-20(29)10-14-9-17-16-8-13(27-34(30,31)15-4-2-1-3-5-15)6-7-18(16)33-21(17)19(11-28)32-14/h1-8,14,17,19,21,27-28H,9-12H2,(H,26,29)/t14-,17+,19-,21-/m1/s1. The second-order valence-electron chi connectivity index (χ2n) is 8.17. The summed E-state index contributed by atoms with van der Waals surface area (Å²) in [5.74, 6) is -0.676. The number of hydrogen-bond acceptors (Lipinski definition) is 6. The number of carbonyl (C=O) groups is 1. The molecule has 8 nitrogen and oxygen atoms in total. The Balaban J connectivity index is 1.51. The lowest BCUT2D eigenvalue weighted by Gasteiger charge is -2.37. The van der Waals surface area contributed by atoms with Crippen LogP contribution in [0.5, 0.6) is 5.75 Å². The normalized spacial score (nSPS) is 24.0. The smallest absolute Gasteiger partial charge is 0.405 e. The Morgan fingerprint density at radius 3 is 2.56 bits per heavy atom. The summed E-state index contributed by atoms with van der Waals surface area (Å²) in [4.78, 5) is 12.1. The Bertz CT molecular complexity index is 1140. The molecule has 34 heavy (non-hydrogen) atoms. The maximum atomic E-state index is 12.7. The first-order valence-electron chi connectivity index (χ1n) is 10.5. The number of sulfonamides is 1. The van der Waals surface area contributed by atoms with Gasteiger partial charge in [-0.15, -0.1) is 0 Å². The lowest BCUT2D eigenvalue weighted by Crippen LogP contribution is -2.47. The van der Waals surface area contributed by atoms with Crippen molar-refractivity contribution < 1.29 is 41.0 Å². The molecular formula is C22H23F3N2O6S. The maximum absolute atomic E-state index is 12.7. The van der Waals surface area contributed by atoms with E-state index < -0.39 is 53.6 Å². The van der Waals surface area contributed by atoms with Crippen LogP contribution < -0.4 is 14.8 Å². The zero-order valence-corrected chi connectivity index (χ0v) is 18.6. The summed E-state index contributed by atoms with van der Waals surface area (Å²) in [6, 6.07) is 12.6. The lowest BCUT2D eigenvalue weighted by molar-refractivity contribution is -0.149. The van der Waals surface area contributed by atoms with Crippen molar-refractivity contribution in [1.29, 1.82) is 0 Å². The molecule has 0 saturated carbocycles. The van der Waals surface area contributed by atoms with Gasteiger partial charge in [0, 0.05) is 17.2 Å². The highest BCUT2D eigenvalue weighted by molar-refractivity contribution is 7.92. The van der Waals surface area contributed by atoms with Crippen LogP contribution in [0.1, 0.15) is 24.3 Å². The number of ether oxygens (including phenoxy) is 2. The number of fused-ring (bicyclic) bond motifs is 3. The van der Waals surface area contributed by atoms with Crippen LogP contribution in [0, 0.1) is 0 Å². The van der Waals surface area contributed by atoms with Gasteiger partial charge in [0.1, 0.15) is 24.5 Å². The van der Waals surface area contributed by atoms with E-state index in [1.165, 1.54) is 12.1 Å². The molecule has 2 heterocycles. The number of aliphatic hydroxyl groups is 1. The van der Waals surface area contributed by atoms with Crippen molar-refractivity contribution in [3.63, 3.8) is 0 Å². The van der Waals surface area contributed by atoms with Gasteiger partial charge in [0.15, 0.2) is 0 Å². The predicted octanol–water partition coefficient (Wildman–Crippen LogP) is 2.55. The first-order valence-corrected chi connectivity index (χ1v) is 12.0. The summed E-state index contributed by atoms with van der Waals surface area (Å²) < 4.78 is 76.6. The van der Waals surface area contributed by atoms with Crippen molar-refractivity contribution in [1.82, 2.24) is 5.32 Å². The highest BCUT2D eigenvalue weighted by atomic mass is 32.2. The fourth-order valence-corrected chi connectivity index (χ4v) is 5.31. The highest BCUT2D eigenvalue weighted by Gasteiger charge is 2.46. The van der Waals surface area contributed by atoms with Gasteiger partial charge in [-0.2, -0.15) is 13.2 Å². The Kier molecular flexibility index (Phi) is 6.74. The van der Waals surface area contributed by atoms with Crippen LogP contribution in [0.15, 0.2) is 53.4 Å².